The van der Waals surface area contributed by atoms with Crippen molar-refractivity contribution >= 4 is 18.7 Å². The molecule has 0 amide bonds. The summed E-state index contributed by atoms with van der Waals surface area (Å²) in [4.78, 5) is 19.0. The summed E-state index contributed by atoms with van der Waals surface area (Å²) in [6, 6.07) is 29.4. The van der Waals surface area contributed by atoms with E-state index in [1.54, 1.807) is 25.0 Å². The number of hydrogen-bond acceptors (Lipinski definition) is 4. The van der Waals surface area contributed by atoms with Gasteiger partial charge in [-0.3, -0.25) is 9.13 Å². The molecule has 6 rings (SSSR count). The molecule has 0 spiro atoms. The lowest BCUT2D eigenvalue weighted by atomic mass is 10.1. The van der Waals surface area contributed by atoms with Gasteiger partial charge in [0, 0.05) is 46.5 Å². The van der Waals surface area contributed by atoms with Crippen LogP contribution in [0.15, 0.2) is 122 Å². The van der Waals surface area contributed by atoms with E-state index in [0.29, 0.717) is 0 Å². The van der Waals surface area contributed by atoms with Crippen LogP contribution in [0.3, 0.4) is 0 Å². The summed E-state index contributed by atoms with van der Waals surface area (Å²) in [5, 5.41) is 2.12. The lowest BCUT2D eigenvalue weighted by Crippen LogP contribution is -2.56. The minimum absolute atomic E-state index is 0.873. The lowest BCUT2D eigenvalue weighted by molar-refractivity contribution is 0.999. The third kappa shape index (κ3) is 4.30. The van der Waals surface area contributed by atoms with Gasteiger partial charge in [-0.2, -0.15) is 0 Å². The Hall–Kier alpha value is -4.62. The highest BCUT2D eigenvalue weighted by atomic mass is 28.3. The van der Waals surface area contributed by atoms with Gasteiger partial charge in [0.25, 0.3) is 0 Å². The van der Waals surface area contributed by atoms with Gasteiger partial charge in [-0.25, -0.2) is 19.9 Å². The molecule has 7 heteroatoms. The molecule has 0 aliphatic heterocycles. The van der Waals surface area contributed by atoms with Crippen LogP contribution in [0.1, 0.15) is 0 Å². The number of rotatable bonds is 6. The van der Waals surface area contributed by atoms with Gasteiger partial charge in [-0.15, -0.1) is 0 Å². The van der Waals surface area contributed by atoms with E-state index in [-0.39, 0.29) is 0 Å². The molecule has 180 valence electrons. The van der Waals surface area contributed by atoms with Crippen molar-refractivity contribution in [2.24, 2.45) is 0 Å². The topological polar surface area (TPSA) is 61.4 Å². The number of hydrogen-bond donors (Lipinski definition) is 0. The quantitative estimate of drug-likeness (QED) is 0.303. The van der Waals surface area contributed by atoms with Crippen molar-refractivity contribution < 1.29 is 0 Å². The molecule has 0 bridgehead atoms. The zero-order valence-corrected chi connectivity index (χ0v) is 21.7. The molecular weight excluding hydrogens is 472 g/mol. The minimum Gasteiger partial charge on any atom is -0.290 e. The van der Waals surface area contributed by atoms with Crippen molar-refractivity contribution in [3.05, 3.63) is 122 Å². The molecule has 37 heavy (non-hydrogen) atoms. The average molecular weight is 499 g/mol. The van der Waals surface area contributed by atoms with Gasteiger partial charge in [-0.1, -0.05) is 73.8 Å². The zero-order chi connectivity index (χ0) is 25.2. The molecular formula is C30H26N6Si. The number of nitrogens with zero attached hydrogens (tertiary/aromatic N) is 6. The molecule has 0 saturated heterocycles. The second-order valence-electron chi connectivity index (χ2n) is 9.43. The largest absolute Gasteiger partial charge is 0.290 e. The van der Waals surface area contributed by atoms with Gasteiger partial charge in [-0.05, 0) is 35.4 Å². The summed E-state index contributed by atoms with van der Waals surface area (Å²) >= 11 is 0. The van der Waals surface area contributed by atoms with Crippen molar-refractivity contribution in [2.75, 3.05) is 0 Å². The molecule has 0 atom stereocenters. The van der Waals surface area contributed by atoms with Crippen LogP contribution < -0.4 is 10.6 Å². The fourth-order valence-electron chi connectivity index (χ4n) is 4.57. The van der Waals surface area contributed by atoms with E-state index in [4.69, 9.17) is 9.97 Å². The van der Waals surface area contributed by atoms with Gasteiger partial charge in [0.2, 0.25) is 0 Å². The Balaban J connectivity index is 1.49. The summed E-state index contributed by atoms with van der Waals surface area (Å²) in [5.41, 5.74) is 4.38. The summed E-state index contributed by atoms with van der Waals surface area (Å²) in [5.74, 6) is 1.75. The average Bonchev–Trinajstić information content (AvgIpc) is 3.69. The predicted molar refractivity (Wildman–Crippen MR) is 150 cm³/mol. The molecule has 6 nitrogen and oxygen atoms in total. The molecule has 0 N–H and O–H groups in total. The molecule has 0 radical (unpaired) electrons. The van der Waals surface area contributed by atoms with E-state index < -0.39 is 8.07 Å². The minimum atomic E-state index is -2.28. The Kier molecular flexibility index (Phi) is 5.82. The van der Waals surface area contributed by atoms with Crippen LogP contribution in [0.4, 0.5) is 0 Å². The number of imidazole rings is 2. The van der Waals surface area contributed by atoms with Crippen LogP contribution in [0.5, 0.6) is 0 Å². The Morgan fingerprint density at radius 1 is 0.541 bits per heavy atom. The molecule has 0 aliphatic rings. The molecule has 0 fully saturated rings. The Morgan fingerprint density at radius 3 is 1.35 bits per heavy atom. The predicted octanol–water partition coefficient (Wildman–Crippen LogP) is 5.00. The van der Waals surface area contributed by atoms with Gasteiger partial charge in [0.05, 0.1) is 0 Å². The molecule has 0 unspecified atom stereocenters. The number of pyridine rings is 2. The maximum absolute atomic E-state index is 5.24. The van der Waals surface area contributed by atoms with Crippen LogP contribution in [-0.4, -0.2) is 37.1 Å². The van der Waals surface area contributed by atoms with Crippen molar-refractivity contribution in [2.45, 2.75) is 13.1 Å². The van der Waals surface area contributed by atoms with Crippen molar-refractivity contribution in [3.8, 4) is 33.9 Å². The van der Waals surface area contributed by atoms with Crippen LogP contribution in [0.2, 0.25) is 13.1 Å². The molecule has 6 aromatic rings. The molecule has 0 aliphatic carbocycles. The van der Waals surface area contributed by atoms with Gasteiger partial charge in [0.1, 0.15) is 24.3 Å². The number of benzene rings is 2. The fourth-order valence-corrected chi connectivity index (χ4v) is 6.61. The van der Waals surface area contributed by atoms with E-state index >= 15 is 0 Å². The van der Waals surface area contributed by atoms with Crippen LogP contribution in [0.25, 0.3) is 33.9 Å². The van der Waals surface area contributed by atoms with Crippen molar-refractivity contribution in [3.63, 3.8) is 0 Å². The standard InChI is InChI=1S/C30H26N6Si/c1-37(2,27-15-13-25(23-9-5-3-6-10-23)29(33-27)35-19-17-31-21-35)28-16-14-26(24-11-7-4-8-12-24)30(34-28)36-20-18-32-22-36/h3-22H,1-2H3. The maximum Gasteiger partial charge on any atom is 0.158 e. The fraction of sp³-hybridized carbons (Fsp3) is 0.0667. The van der Waals surface area contributed by atoms with Crippen LogP contribution in [-0.2, 0) is 0 Å². The first-order valence-corrected chi connectivity index (χ1v) is 15.2. The third-order valence-corrected chi connectivity index (χ3v) is 9.82. The van der Waals surface area contributed by atoms with Gasteiger partial charge >= 0.3 is 0 Å². The highest BCUT2D eigenvalue weighted by Crippen LogP contribution is 2.26. The maximum atomic E-state index is 5.24. The first-order chi connectivity index (χ1) is 18.1. The summed E-state index contributed by atoms with van der Waals surface area (Å²) in [6.07, 6.45) is 11.1. The molecule has 4 aromatic heterocycles. The first-order valence-electron chi connectivity index (χ1n) is 12.2. The van der Waals surface area contributed by atoms with Crippen molar-refractivity contribution in [1.29, 1.82) is 0 Å². The second-order valence-corrected chi connectivity index (χ2v) is 13.7. The van der Waals surface area contributed by atoms with E-state index in [0.717, 1.165) is 44.5 Å². The summed E-state index contributed by atoms with van der Waals surface area (Å²) in [7, 11) is -2.28. The van der Waals surface area contributed by atoms with E-state index in [1.165, 1.54) is 0 Å². The SMILES string of the molecule is C[Si](C)(c1ccc(-c2ccccc2)c(-n2ccnc2)n1)c1ccc(-c2ccccc2)c(-n2ccnc2)n1. The Bertz CT molecular complexity index is 1500. The Labute approximate surface area is 217 Å². The second kappa shape index (κ2) is 9.44. The smallest absolute Gasteiger partial charge is 0.158 e. The van der Waals surface area contributed by atoms with Gasteiger partial charge in [0.15, 0.2) is 8.07 Å². The number of aromatic nitrogens is 6. The Morgan fingerprint density at radius 2 is 0.973 bits per heavy atom. The zero-order valence-electron chi connectivity index (χ0n) is 20.7. The first kappa shape index (κ1) is 22.8. The normalized spacial score (nSPS) is 11.5. The molecule has 2 aromatic carbocycles. The molecule has 4 heterocycles. The summed E-state index contributed by atoms with van der Waals surface area (Å²) in [6.45, 7) is 4.61. The van der Waals surface area contributed by atoms with Crippen LogP contribution >= 0.6 is 0 Å². The van der Waals surface area contributed by atoms with E-state index in [9.17, 15) is 0 Å². The highest BCUT2D eigenvalue weighted by Gasteiger charge is 2.31. The third-order valence-electron chi connectivity index (χ3n) is 6.70. The lowest BCUT2D eigenvalue weighted by Gasteiger charge is -2.24. The van der Waals surface area contributed by atoms with E-state index in [1.807, 2.05) is 33.7 Å². The highest BCUT2D eigenvalue weighted by molar-refractivity contribution is 6.99. The monoisotopic (exact) mass is 498 g/mol. The summed E-state index contributed by atoms with van der Waals surface area (Å²) < 4.78 is 3.97. The van der Waals surface area contributed by atoms with Crippen molar-refractivity contribution in [1.82, 2.24) is 29.1 Å². The van der Waals surface area contributed by atoms with Gasteiger partial charge < -0.3 is 0 Å². The van der Waals surface area contributed by atoms with Crippen LogP contribution in [0, 0.1) is 0 Å². The van der Waals surface area contributed by atoms with E-state index in [2.05, 4.69) is 95.9 Å². The molecule has 0 saturated carbocycles.